The van der Waals surface area contributed by atoms with E-state index in [0.717, 1.165) is 26.1 Å². The molecule has 18 heavy (non-hydrogen) atoms. The van der Waals surface area contributed by atoms with E-state index in [0.29, 0.717) is 18.4 Å². The number of hydrogen-bond acceptors (Lipinski definition) is 3. The fraction of sp³-hybridized carbons (Fsp3) is 0.929. The van der Waals surface area contributed by atoms with E-state index in [1.165, 1.54) is 12.8 Å². The molecule has 1 fully saturated rings. The van der Waals surface area contributed by atoms with Crippen LogP contribution in [0.1, 0.15) is 40.0 Å². The smallest absolute Gasteiger partial charge is 0.248 e. The van der Waals surface area contributed by atoms with Gasteiger partial charge >= 0.3 is 0 Å². The second-order valence-corrected chi connectivity index (χ2v) is 5.65. The first-order valence-electron chi connectivity index (χ1n) is 7.19. The zero-order valence-electron chi connectivity index (χ0n) is 12.0. The molecule has 0 saturated carbocycles. The molecule has 106 valence electrons. The zero-order valence-corrected chi connectivity index (χ0v) is 12.0. The standard InChI is InChI=1S/C14H28N2O2/c1-11(2)9-16-14(17)12(3)18-8-6-13-5-4-7-15-10-13/h11-13,15H,4-10H2,1-3H3,(H,16,17). The molecule has 4 nitrogen and oxygen atoms in total. The highest BCUT2D eigenvalue weighted by Gasteiger charge is 2.16. The first kappa shape index (κ1) is 15.4. The van der Waals surface area contributed by atoms with Gasteiger partial charge in [-0.05, 0) is 51.1 Å². The van der Waals surface area contributed by atoms with Crippen molar-refractivity contribution in [1.82, 2.24) is 10.6 Å². The summed E-state index contributed by atoms with van der Waals surface area (Å²) in [5.41, 5.74) is 0. The van der Waals surface area contributed by atoms with E-state index in [2.05, 4.69) is 24.5 Å². The van der Waals surface area contributed by atoms with Gasteiger partial charge in [-0.1, -0.05) is 13.8 Å². The van der Waals surface area contributed by atoms with Crippen molar-refractivity contribution in [2.45, 2.75) is 46.1 Å². The molecule has 0 radical (unpaired) electrons. The van der Waals surface area contributed by atoms with Crippen molar-refractivity contribution in [1.29, 1.82) is 0 Å². The van der Waals surface area contributed by atoms with Crippen LogP contribution in [0.15, 0.2) is 0 Å². The second-order valence-electron chi connectivity index (χ2n) is 5.65. The van der Waals surface area contributed by atoms with Crippen molar-refractivity contribution < 1.29 is 9.53 Å². The quantitative estimate of drug-likeness (QED) is 0.726. The Morgan fingerprint density at radius 2 is 2.22 bits per heavy atom. The number of amides is 1. The molecule has 2 atom stereocenters. The number of carbonyl (C=O) groups excluding carboxylic acids is 1. The van der Waals surface area contributed by atoms with Crippen LogP contribution in [0.3, 0.4) is 0 Å². The highest BCUT2D eigenvalue weighted by molar-refractivity contribution is 5.80. The van der Waals surface area contributed by atoms with Gasteiger partial charge in [0, 0.05) is 13.2 Å². The maximum absolute atomic E-state index is 11.7. The van der Waals surface area contributed by atoms with E-state index >= 15 is 0 Å². The predicted octanol–water partition coefficient (Wildman–Crippen LogP) is 1.55. The van der Waals surface area contributed by atoms with E-state index in [4.69, 9.17) is 4.74 Å². The monoisotopic (exact) mass is 256 g/mol. The van der Waals surface area contributed by atoms with Crippen LogP contribution < -0.4 is 10.6 Å². The zero-order chi connectivity index (χ0) is 13.4. The Hall–Kier alpha value is -0.610. The molecule has 1 heterocycles. The van der Waals surface area contributed by atoms with E-state index in [9.17, 15) is 4.79 Å². The number of hydrogen-bond donors (Lipinski definition) is 2. The van der Waals surface area contributed by atoms with Crippen LogP contribution in [0.4, 0.5) is 0 Å². The van der Waals surface area contributed by atoms with E-state index in [1.807, 2.05) is 6.92 Å². The summed E-state index contributed by atoms with van der Waals surface area (Å²) in [6, 6.07) is 0. The SMILES string of the molecule is CC(C)CNC(=O)C(C)OCCC1CCCNC1. The number of carbonyl (C=O) groups is 1. The van der Waals surface area contributed by atoms with Gasteiger partial charge in [0.15, 0.2) is 0 Å². The van der Waals surface area contributed by atoms with Crippen molar-refractivity contribution >= 4 is 5.91 Å². The summed E-state index contributed by atoms with van der Waals surface area (Å²) < 4.78 is 5.60. The van der Waals surface area contributed by atoms with Crippen molar-refractivity contribution in [3.05, 3.63) is 0 Å². The average Bonchev–Trinajstić information content (AvgIpc) is 2.37. The molecule has 0 spiro atoms. The van der Waals surface area contributed by atoms with Crippen LogP contribution in [-0.4, -0.2) is 38.3 Å². The largest absolute Gasteiger partial charge is 0.369 e. The first-order chi connectivity index (χ1) is 8.59. The minimum absolute atomic E-state index is 0.00506. The molecule has 0 bridgehead atoms. The molecule has 1 amide bonds. The molecule has 0 aliphatic carbocycles. The molecule has 2 N–H and O–H groups in total. The summed E-state index contributed by atoms with van der Waals surface area (Å²) in [7, 11) is 0. The maximum atomic E-state index is 11.7. The van der Waals surface area contributed by atoms with Gasteiger partial charge in [0.25, 0.3) is 0 Å². The Balaban J connectivity index is 2.08. The van der Waals surface area contributed by atoms with Gasteiger partial charge in [0.2, 0.25) is 5.91 Å². The minimum atomic E-state index is -0.333. The van der Waals surface area contributed by atoms with Crippen molar-refractivity contribution in [2.24, 2.45) is 11.8 Å². The highest BCUT2D eigenvalue weighted by atomic mass is 16.5. The fourth-order valence-electron chi connectivity index (χ4n) is 2.11. The van der Waals surface area contributed by atoms with Gasteiger partial charge in [0.05, 0.1) is 0 Å². The Kier molecular flexibility index (Phi) is 7.28. The topological polar surface area (TPSA) is 50.4 Å². The molecule has 1 saturated heterocycles. The Labute approximate surface area is 111 Å². The summed E-state index contributed by atoms with van der Waals surface area (Å²) in [5.74, 6) is 1.20. The van der Waals surface area contributed by atoms with Gasteiger partial charge in [-0.3, -0.25) is 4.79 Å². The van der Waals surface area contributed by atoms with Gasteiger partial charge in [-0.2, -0.15) is 0 Å². The Morgan fingerprint density at radius 3 is 2.83 bits per heavy atom. The highest BCUT2D eigenvalue weighted by Crippen LogP contribution is 2.14. The summed E-state index contributed by atoms with van der Waals surface area (Å²) in [6.45, 7) is 9.64. The van der Waals surface area contributed by atoms with E-state index < -0.39 is 0 Å². The minimum Gasteiger partial charge on any atom is -0.369 e. The normalized spacial score (nSPS) is 21.9. The van der Waals surface area contributed by atoms with Crippen LogP contribution in [-0.2, 0) is 9.53 Å². The molecular weight excluding hydrogens is 228 g/mol. The fourth-order valence-corrected chi connectivity index (χ4v) is 2.11. The third kappa shape index (κ3) is 6.36. The molecule has 2 unspecified atom stereocenters. The lowest BCUT2D eigenvalue weighted by Gasteiger charge is -2.23. The van der Waals surface area contributed by atoms with Gasteiger partial charge in [-0.15, -0.1) is 0 Å². The van der Waals surface area contributed by atoms with Gasteiger partial charge < -0.3 is 15.4 Å². The van der Waals surface area contributed by atoms with E-state index in [1.54, 1.807) is 0 Å². The number of ether oxygens (including phenoxy) is 1. The molecule has 1 aliphatic heterocycles. The predicted molar refractivity (Wildman–Crippen MR) is 73.5 cm³/mol. The lowest BCUT2D eigenvalue weighted by molar-refractivity contribution is -0.132. The van der Waals surface area contributed by atoms with Crippen molar-refractivity contribution in [3.8, 4) is 0 Å². The van der Waals surface area contributed by atoms with E-state index in [-0.39, 0.29) is 12.0 Å². The lowest BCUT2D eigenvalue weighted by Crippen LogP contribution is -2.37. The number of nitrogens with one attached hydrogen (secondary N) is 2. The Bertz CT molecular complexity index is 238. The maximum Gasteiger partial charge on any atom is 0.248 e. The molecule has 0 aromatic carbocycles. The third-order valence-corrected chi connectivity index (χ3v) is 3.35. The van der Waals surface area contributed by atoms with Gasteiger partial charge in [0.1, 0.15) is 6.10 Å². The molecule has 0 aromatic heterocycles. The third-order valence-electron chi connectivity index (χ3n) is 3.35. The number of piperidine rings is 1. The van der Waals surface area contributed by atoms with Crippen LogP contribution in [0, 0.1) is 11.8 Å². The van der Waals surface area contributed by atoms with Crippen LogP contribution >= 0.6 is 0 Å². The van der Waals surface area contributed by atoms with Crippen LogP contribution in [0.25, 0.3) is 0 Å². The molecule has 0 aromatic rings. The Morgan fingerprint density at radius 1 is 1.44 bits per heavy atom. The molecule has 1 aliphatic rings. The molecular formula is C14H28N2O2. The van der Waals surface area contributed by atoms with Crippen molar-refractivity contribution in [2.75, 3.05) is 26.2 Å². The number of rotatable bonds is 7. The molecule has 4 heteroatoms. The van der Waals surface area contributed by atoms with Crippen molar-refractivity contribution in [3.63, 3.8) is 0 Å². The summed E-state index contributed by atoms with van der Waals surface area (Å²) in [4.78, 5) is 11.7. The summed E-state index contributed by atoms with van der Waals surface area (Å²) in [5, 5.41) is 6.29. The molecule has 1 rings (SSSR count). The summed E-state index contributed by atoms with van der Waals surface area (Å²) in [6.07, 6.45) is 3.26. The average molecular weight is 256 g/mol. The van der Waals surface area contributed by atoms with Gasteiger partial charge in [-0.25, -0.2) is 0 Å². The first-order valence-corrected chi connectivity index (χ1v) is 7.19. The summed E-state index contributed by atoms with van der Waals surface area (Å²) >= 11 is 0. The lowest BCUT2D eigenvalue weighted by atomic mass is 9.97. The van der Waals surface area contributed by atoms with Crippen LogP contribution in [0.5, 0.6) is 0 Å². The second kappa shape index (κ2) is 8.48. The van der Waals surface area contributed by atoms with Crippen LogP contribution in [0.2, 0.25) is 0 Å².